The fourth-order valence-electron chi connectivity index (χ4n) is 2.48. The number of methoxy groups -OCH3 is 1. The van der Waals surface area contributed by atoms with Crippen LogP contribution in [0.15, 0.2) is 54.7 Å². The third kappa shape index (κ3) is 2.33. The highest BCUT2D eigenvalue weighted by molar-refractivity contribution is 5.76. The molecule has 1 aromatic carbocycles. The van der Waals surface area contributed by atoms with E-state index in [4.69, 9.17) is 4.74 Å². The van der Waals surface area contributed by atoms with Gasteiger partial charge in [0, 0.05) is 30.1 Å². The summed E-state index contributed by atoms with van der Waals surface area (Å²) in [5.41, 5.74) is 3.99. The summed E-state index contributed by atoms with van der Waals surface area (Å²) in [6, 6.07) is 17.9. The Kier molecular flexibility index (Phi) is 3.63. The largest absolute Gasteiger partial charge is 0.480 e. The fraction of sp³-hybridized carbons (Fsp3) is 0.111. The Morgan fingerprint density at radius 1 is 1.14 bits per heavy atom. The van der Waals surface area contributed by atoms with Crippen molar-refractivity contribution in [2.75, 3.05) is 7.11 Å². The van der Waals surface area contributed by atoms with Crippen LogP contribution in [0.4, 0.5) is 0 Å². The summed E-state index contributed by atoms with van der Waals surface area (Å²) in [5.74, 6) is 0.347. The molecular formula is C18H15N3O. The molecule has 0 aliphatic heterocycles. The van der Waals surface area contributed by atoms with E-state index in [-0.39, 0.29) is 0 Å². The van der Waals surface area contributed by atoms with Crippen molar-refractivity contribution in [1.82, 2.24) is 9.55 Å². The second kappa shape index (κ2) is 5.74. The number of benzene rings is 1. The number of aryl methyl sites for hydroxylation is 1. The van der Waals surface area contributed by atoms with Gasteiger partial charge in [-0.15, -0.1) is 0 Å². The quantitative estimate of drug-likeness (QED) is 0.739. The van der Waals surface area contributed by atoms with E-state index in [0.29, 0.717) is 11.4 Å². The van der Waals surface area contributed by atoms with Gasteiger partial charge < -0.3 is 9.30 Å². The molecule has 0 bridgehead atoms. The zero-order valence-electron chi connectivity index (χ0n) is 12.4. The first-order valence-electron chi connectivity index (χ1n) is 6.91. The van der Waals surface area contributed by atoms with Crippen molar-refractivity contribution in [3.8, 4) is 34.5 Å². The van der Waals surface area contributed by atoms with Gasteiger partial charge in [-0.3, -0.25) is 0 Å². The minimum atomic E-state index is 0.347. The van der Waals surface area contributed by atoms with Gasteiger partial charge >= 0.3 is 0 Å². The minimum Gasteiger partial charge on any atom is -0.480 e. The van der Waals surface area contributed by atoms with Crippen LogP contribution in [0.2, 0.25) is 0 Å². The highest BCUT2D eigenvalue weighted by Crippen LogP contribution is 2.33. The third-order valence-corrected chi connectivity index (χ3v) is 3.58. The molecule has 3 aromatic rings. The summed E-state index contributed by atoms with van der Waals surface area (Å²) in [6.45, 7) is 0. The van der Waals surface area contributed by atoms with Gasteiger partial charge in [0.2, 0.25) is 5.88 Å². The Labute approximate surface area is 129 Å². The molecule has 2 aromatic heterocycles. The second-order valence-corrected chi connectivity index (χ2v) is 4.92. The molecule has 108 valence electrons. The molecule has 0 unspecified atom stereocenters. The molecule has 0 fully saturated rings. The number of rotatable bonds is 3. The molecule has 22 heavy (non-hydrogen) atoms. The van der Waals surface area contributed by atoms with Crippen LogP contribution in [0.1, 0.15) is 5.56 Å². The normalized spacial score (nSPS) is 10.2. The average molecular weight is 289 g/mol. The van der Waals surface area contributed by atoms with Crippen molar-refractivity contribution in [2.24, 2.45) is 7.05 Å². The summed E-state index contributed by atoms with van der Waals surface area (Å²) in [6.07, 6.45) is 1.95. The number of ether oxygens (including phenoxy) is 1. The predicted molar refractivity (Wildman–Crippen MR) is 85.3 cm³/mol. The Morgan fingerprint density at radius 2 is 1.91 bits per heavy atom. The van der Waals surface area contributed by atoms with Crippen molar-refractivity contribution in [3.05, 3.63) is 60.3 Å². The molecule has 0 spiro atoms. The van der Waals surface area contributed by atoms with Gasteiger partial charge in [-0.05, 0) is 18.2 Å². The molecule has 0 aliphatic rings. The average Bonchev–Trinajstić information content (AvgIpc) is 3.00. The number of nitriles is 1. The zero-order valence-corrected chi connectivity index (χ0v) is 12.4. The summed E-state index contributed by atoms with van der Waals surface area (Å²) < 4.78 is 7.31. The first kappa shape index (κ1) is 13.9. The van der Waals surface area contributed by atoms with E-state index in [9.17, 15) is 5.26 Å². The smallest absolute Gasteiger partial charge is 0.232 e. The van der Waals surface area contributed by atoms with E-state index in [1.165, 1.54) is 7.11 Å². The molecule has 4 nitrogen and oxygen atoms in total. The lowest BCUT2D eigenvalue weighted by molar-refractivity contribution is 0.397. The molecule has 3 rings (SSSR count). The number of aromatic nitrogens is 2. The molecule has 0 saturated carbocycles. The second-order valence-electron chi connectivity index (χ2n) is 4.92. The van der Waals surface area contributed by atoms with Crippen molar-refractivity contribution < 1.29 is 4.74 Å². The summed E-state index contributed by atoms with van der Waals surface area (Å²) in [5, 5.41) is 9.50. The lowest BCUT2D eigenvalue weighted by Gasteiger charge is -2.12. The van der Waals surface area contributed by atoms with Crippen molar-refractivity contribution in [1.29, 1.82) is 5.26 Å². The van der Waals surface area contributed by atoms with E-state index in [2.05, 4.69) is 11.1 Å². The van der Waals surface area contributed by atoms with Gasteiger partial charge in [-0.1, -0.05) is 30.3 Å². The predicted octanol–water partition coefficient (Wildman–Crippen LogP) is 3.63. The summed E-state index contributed by atoms with van der Waals surface area (Å²) >= 11 is 0. The molecule has 4 heteroatoms. The van der Waals surface area contributed by atoms with Crippen LogP contribution < -0.4 is 4.74 Å². The van der Waals surface area contributed by atoms with Crippen LogP contribution >= 0.6 is 0 Å². The van der Waals surface area contributed by atoms with Crippen LogP contribution in [0.25, 0.3) is 22.5 Å². The Balaban J connectivity index is 2.28. The number of nitrogens with zero attached hydrogens (tertiary/aromatic N) is 3. The van der Waals surface area contributed by atoms with Gasteiger partial charge in [0.1, 0.15) is 11.6 Å². The van der Waals surface area contributed by atoms with E-state index in [0.717, 1.165) is 22.5 Å². The van der Waals surface area contributed by atoms with Crippen LogP contribution in [0, 0.1) is 11.3 Å². The van der Waals surface area contributed by atoms with Gasteiger partial charge in [-0.25, -0.2) is 4.98 Å². The van der Waals surface area contributed by atoms with Crippen LogP contribution in [-0.2, 0) is 7.05 Å². The Bertz CT molecular complexity index is 845. The molecule has 0 N–H and O–H groups in total. The number of hydrogen-bond acceptors (Lipinski definition) is 3. The van der Waals surface area contributed by atoms with Gasteiger partial charge in [0.25, 0.3) is 0 Å². The van der Waals surface area contributed by atoms with Crippen molar-refractivity contribution in [3.63, 3.8) is 0 Å². The highest BCUT2D eigenvalue weighted by Gasteiger charge is 2.17. The maximum atomic E-state index is 9.50. The van der Waals surface area contributed by atoms with Crippen LogP contribution in [0.3, 0.4) is 0 Å². The molecular weight excluding hydrogens is 274 g/mol. The van der Waals surface area contributed by atoms with Crippen molar-refractivity contribution >= 4 is 0 Å². The molecule has 2 heterocycles. The van der Waals surface area contributed by atoms with E-state index < -0.39 is 0 Å². The fourth-order valence-corrected chi connectivity index (χ4v) is 2.48. The highest BCUT2D eigenvalue weighted by atomic mass is 16.5. The third-order valence-electron chi connectivity index (χ3n) is 3.58. The van der Waals surface area contributed by atoms with Crippen LogP contribution in [0.5, 0.6) is 5.88 Å². The Hall–Kier alpha value is -3.06. The Morgan fingerprint density at radius 3 is 2.50 bits per heavy atom. The first-order chi connectivity index (χ1) is 10.7. The summed E-state index contributed by atoms with van der Waals surface area (Å²) in [4.78, 5) is 4.48. The molecule has 0 radical (unpaired) electrons. The van der Waals surface area contributed by atoms with Gasteiger partial charge in [0.15, 0.2) is 0 Å². The SMILES string of the molecule is COc1nc(-c2ccccc2)cc(-c2cccn2C)c1C#N. The monoisotopic (exact) mass is 289 g/mol. The minimum absolute atomic E-state index is 0.347. The van der Waals surface area contributed by atoms with Gasteiger partial charge in [-0.2, -0.15) is 5.26 Å². The van der Waals surface area contributed by atoms with E-state index >= 15 is 0 Å². The van der Waals surface area contributed by atoms with E-state index in [1.54, 1.807) is 0 Å². The van der Waals surface area contributed by atoms with E-state index in [1.807, 2.05) is 66.3 Å². The lowest BCUT2D eigenvalue weighted by Crippen LogP contribution is -1.99. The molecule has 0 amide bonds. The van der Waals surface area contributed by atoms with Crippen LogP contribution in [-0.4, -0.2) is 16.7 Å². The molecule has 0 saturated heterocycles. The molecule has 0 atom stereocenters. The maximum Gasteiger partial charge on any atom is 0.232 e. The standard InChI is InChI=1S/C18H15N3O/c1-21-10-6-9-17(21)14-11-16(13-7-4-3-5-8-13)20-18(22-2)15(14)12-19/h3-11H,1-2H3. The maximum absolute atomic E-state index is 9.50. The molecule has 0 aliphatic carbocycles. The lowest BCUT2D eigenvalue weighted by atomic mass is 10.0. The zero-order chi connectivity index (χ0) is 15.5. The van der Waals surface area contributed by atoms with Crippen molar-refractivity contribution in [2.45, 2.75) is 0 Å². The first-order valence-corrected chi connectivity index (χ1v) is 6.91. The number of pyridine rings is 1. The number of hydrogen-bond donors (Lipinski definition) is 0. The topological polar surface area (TPSA) is 50.8 Å². The summed E-state index contributed by atoms with van der Waals surface area (Å²) in [7, 11) is 3.48. The van der Waals surface area contributed by atoms with Gasteiger partial charge in [0.05, 0.1) is 12.8 Å².